The van der Waals surface area contributed by atoms with Gasteiger partial charge in [0.05, 0.1) is 17.6 Å². The Bertz CT molecular complexity index is 1080. The van der Waals surface area contributed by atoms with E-state index in [1.807, 2.05) is 12.1 Å². The molecule has 154 valence electrons. The summed E-state index contributed by atoms with van der Waals surface area (Å²) < 4.78 is 12.1. The topological polar surface area (TPSA) is 68.6 Å². The van der Waals surface area contributed by atoms with Crippen LogP contribution in [0.25, 0.3) is 15.9 Å². The molecule has 7 nitrogen and oxygen atoms in total. The van der Waals surface area contributed by atoms with Crippen molar-refractivity contribution in [2.45, 2.75) is 19.3 Å². The van der Waals surface area contributed by atoms with Crippen molar-refractivity contribution in [3.8, 4) is 5.69 Å². The van der Waals surface area contributed by atoms with E-state index in [-0.39, 0.29) is 5.56 Å². The Morgan fingerprint density at radius 1 is 1.28 bits per heavy atom. The van der Waals surface area contributed by atoms with Crippen molar-refractivity contribution in [2.75, 3.05) is 39.7 Å². The summed E-state index contributed by atoms with van der Waals surface area (Å²) in [5, 5.41) is 4.54. The molecule has 0 saturated carbocycles. The SMILES string of the molecule is COC(CNc1nc2sc3c(c2c(=O)n1-c1ccc(Cl)cc1)CCN(C)C3)OC. The molecule has 0 saturated heterocycles. The normalized spacial score (nSPS) is 14.5. The lowest BCUT2D eigenvalue weighted by atomic mass is 10.1. The minimum absolute atomic E-state index is 0.0757. The van der Waals surface area contributed by atoms with Crippen LogP contribution in [0.3, 0.4) is 0 Å². The summed E-state index contributed by atoms with van der Waals surface area (Å²) in [6.07, 6.45) is 0.400. The average Bonchev–Trinajstić information content (AvgIpc) is 3.07. The van der Waals surface area contributed by atoms with Crippen LogP contribution in [0.4, 0.5) is 5.95 Å². The second kappa shape index (κ2) is 8.41. The second-order valence-corrected chi connectivity index (χ2v) is 8.53. The molecule has 0 bridgehead atoms. The number of thiophene rings is 1. The number of nitrogens with one attached hydrogen (secondary N) is 1. The van der Waals surface area contributed by atoms with Crippen LogP contribution in [0.5, 0.6) is 0 Å². The first-order valence-electron chi connectivity index (χ1n) is 9.33. The van der Waals surface area contributed by atoms with Crippen molar-refractivity contribution in [2.24, 2.45) is 0 Å². The predicted molar refractivity (Wildman–Crippen MR) is 117 cm³/mol. The third kappa shape index (κ3) is 3.91. The van der Waals surface area contributed by atoms with Gasteiger partial charge in [-0.05, 0) is 43.3 Å². The molecule has 0 amide bonds. The van der Waals surface area contributed by atoms with Crippen molar-refractivity contribution in [3.63, 3.8) is 0 Å². The molecule has 3 aromatic rings. The van der Waals surface area contributed by atoms with Crippen molar-refractivity contribution >= 4 is 39.1 Å². The zero-order chi connectivity index (χ0) is 20.5. The van der Waals surface area contributed by atoms with Gasteiger partial charge in [-0.3, -0.25) is 4.79 Å². The highest BCUT2D eigenvalue weighted by molar-refractivity contribution is 7.18. The summed E-state index contributed by atoms with van der Waals surface area (Å²) in [5.74, 6) is 0.455. The minimum atomic E-state index is -0.452. The number of hydrogen-bond donors (Lipinski definition) is 1. The lowest BCUT2D eigenvalue weighted by molar-refractivity contribution is -0.0915. The maximum Gasteiger partial charge on any atom is 0.268 e. The molecule has 1 aliphatic heterocycles. The number of fused-ring (bicyclic) bond motifs is 3. The molecule has 0 atom stereocenters. The summed E-state index contributed by atoms with van der Waals surface area (Å²) in [6, 6.07) is 7.17. The molecule has 0 aliphatic carbocycles. The summed E-state index contributed by atoms with van der Waals surface area (Å²) in [5.41, 5.74) is 1.75. The molecule has 3 heterocycles. The number of rotatable bonds is 6. The van der Waals surface area contributed by atoms with Gasteiger partial charge in [-0.1, -0.05) is 11.6 Å². The number of aromatic nitrogens is 2. The minimum Gasteiger partial charge on any atom is -0.354 e. The van der Waals surface area contributed by atoms with E-state index in [9.17, 15) is 4.79 Å². The number of nitrogens with zero attached hydrogens (tertiary/aromatic N) is 3. The Kier molecular flexibility index (Phi) is 5.89. The van der Waals surface area contributed by atoms with Crippen LogP contribution in [-0.2, 0) is 22.4 Å². The molecule has 1 N–H and O–H groups in total. The third-order valence-electron chi connectivity index (χ3n) is 5.10. The Morgan fingerprint density at radius 2 is 2.00 bits per heavy atom. The summed E-state index contributed by atoms with van der Waals surface area (Å²) in [6.45, 7) is 2.13. The van der Waals surface area contributed by atoms with E-state index in [2.05, 4.69) is 17.3 Å². The number of halogens is 1. The van der Waals surface area contributed by atoms with Gasteiger partial charge in [-0.15, -0.1) is 11.3 Å². The molecule has 0 spiro atoms. The number of anilines is 1. The molecule has 29 heavy (non-hydrogen) atoms. The lowest BCUT2D eigenvalue weighted by Gasteiger charge is -2.22. The number of methoxy groups -OCH3 is 2. The fraction of sp³-hybridized carbons (Fsp3) is 0.400. The fourth-order valence-corrected chi connectivity index (χ4v) is 4.97. The zero-order valence-corrected chi connectivity index (χ0v) is 18.1. The van der Waals surface area contributed by atoms with Crippen LogP contribution in [0, 0.1) is 0 Å². The Balaban J connectivity index is 1.88. The zero-order valence-electron chi connectivity index (χ0n) is 16.6. The highest BCUT2D eigenvalue weighted by Crippen LogP contribution is 2.33. The van der Waals surface area contributed by atoms with Crippen LogP contribution in [-0.4, -0.2) is 55.1 Å². The van der Waals surface area contributed by atoms with Crippen LogP contribution in [0.2, 0.25) is 5.02 Å². The first kappa shape index (κ1) is 20.3. The summed E-state index contributed by atoms with van der Waals surface area (Å²) in [4.78, 5) is 22.7. The van der Waals surface area contributed by atoms with Crippen LogP contribution in [0.1, 0.15) is 10.4 Å². The lowest BCUT2D eigenvalue weighted by Crippen LogP contribution is -2.30. The molecule has 0 unspecified atom stereocenters. The van der Waals surface area contributed by atoms with Crippen molar-refractivity contribution < 1.29 is 9.47 Å². The fourth-order valence-electron chi connectivity index (χ4n) is 3.56. The van der Waals surface area contributed by atoms with E-state index in [1.165, 1.54) is 4.88 Å². The molecule has 0 radical (unpaired) electrons. The van der Waals surface area contributed by atoms with Gasteiger partial charge in [0.2, 0.25) is 5.95 Å². The van der Waals surface area contributed by atoms with Gasteiger partial charge in [0.15, 0.2) is 6.29 Å². The molecule has 1 aromatic carbocycles. The summed E-state index contributed by atoms with van der Waals surface area (Å²) >= 11 is 7.64. The molecule has 1 aliphatic rings. The summed E-state index contributed by atoms with van der Waals surface area (Å²) in [7, 11) is 5.24. The van der Waals surface area contributed by atoms with Gasteiger partial charge < -0.3 is 19.7 Å². The largest absolute Gasteiger partial charge is 0.354 e. The standard InChI is InChI=1S/C20H23ClN4O3S/c1-24-9-8-14-15(11-24)29-18-17(14)19(26)25(13-6-4-12(21)5-7-13)20(23-18)22-10-16(27-2)28-3/h4-7,16H,8-11H2,1-3H3,(H,22,23). The van der Waals surface area contributed by atoms with Gasteiger partial charge in [0.25, 0.3) is 5.56 Å². The maximum absolute atomic E-state index is 13.6. The van der Waals surface area contributed by atoms with Gasteiger partial charge in [0, 0.05) is 37.2 Å². The van der Waals surface area contributed by atoms with Gasteiger partial charge in [-0.2, -0.15) is 0 Å². The van der Waals surface area contributed by atoms with E-state index in [4.69, 9.17) is 26.1 Å². The molecular weight excluding hydrogens is 412 g/mol. The van der Waals surface area contributed by atoms with Crippen LogP contribution < -0.4 is 10.9 Å². The van der Waals surface area contributed by atoms with E-state index in [0.29, 0.717) is 28.6 Å². The number of likely N-dealkylation sites (N-methyl/N-ethyl adjacent to an activating group) is 1. The third-order valence-corrected chi connectivity index (χ3v) is 6.47. The van der Waals surface area contributed by atoms with Gasteiger partial charge in [-0.25, -0.2) is 9.55 Å². The van der Waals surface area contributed by atoms with Gasteiger partial charge >= 0.3 is 0 Å². The molecule has 2 aromatic heterocycles. The first-order chi connectivity index (χ1) is 14.0. The molecule has 9 heteroatoms. The molecule has 4 rings (SSSR count). The maximum atomic E-state index is 13.6. The van der Waals surface area contributed by atoms with E-state index in [0.717, 1.165) is 29.9 Å². The monoisotopic (exact) mass is 434 g/mol. The van der Waals surface area contributed by atoms with E-state index in [1.54, 1.807) is 42.3 Å². The first-order valence-corrected chi connectivity index (χ1v) is 10.5. The quantitative estimate of drug-likeness (QED) is 0.601. The highest BCUT2D eigenvalue weighted by Gasteiger charge is 2.24. The molecular formula is C20H23ClN4O3S. The van der Waals surface area contributed by atoms with E-state index >= 15 is 0 Å². The predicted octanol–water partition coefficient (Wildman–Crippen LogP) is 3.12. The number of hydrogen-bond acceptors (Lipinski definition) is 7. The smallest absolute Gasteiger partial charge is 0.268 e. The Morgan fingerprint density at radius 3 is 2.69 bits per heavy atom. The van der Waals surface area contributed by atoms with Crippen molar-refractivity contribution in [3.05, 3.63) is 50.1 Å². The Labute approximate surface area is 177 Å². The molecule has 0 fully saturated rings. The van der Waals surface area contributed by atoms with Crippen molar-refractivity contribution in [1.82, 2.24) is 14.5 Å². The van der Waals surface area contributed by atoms with Crippen LogP contribution >= 0.6 is 22.9 Å². The average molecular weight is 435 g/mol. The van der Waals surface area contributed by atoms with Crippen LogP contribution in [0.15, 0.2) is 29.1 Å². The van der Waals surface area contributed by atoms with Gasteiger partial charge in [0.1, 0.15) is 4.83 Å². The Hall–Kier alpha value is -1.97. The second-order valence-electron chi connectivity index (χ2n) is 7.01. The number of ether oxygens (including phenoxy) is 2. The highest BCUT2D eigenvalue weighted by atomic mass is 35.5. The van der Waals surface area contributed by atoms with E-state index < -0.39 is 6.29 Å². The number of benzene rings is 1. The van der Waals surface area contributed by atoms with Crippen molar-refractivity contribution in [1.29, 1.82) is 0 Å².